The van der Waals surface area contributed by atoms with Crippen molar-refractivity contribution in [1.82, 2.24) is 14.8 Å². The number of anilines is 1. The number of benzene rings is 2. The Bertz CT molecular complexity index is 1440. The lowest BCUT2D eigenvalue weighted by molar-refractivity contribution is -0.111. The Morgan fingerprint density at radius 1 is 1.00 bits per heavy atom. The number of aromatic nitrogens is 3. The minimum Gasteiger partial charge on any atom is -0.454 e. The molecule has 1 amide bonds. The molecular formula is C24H18N4O5S. The first kappa shape index (κ1) is 20.3. The number of aryl methyl sites for hydroxylation is 1. The SMILES string of the molecule is Cc1cc(NC(=O)/C=C/c2ccc3c(c2)OCO3)n(-c2nc(-c3ccc4c(c3)OCO4)cs2)n1. The van der Waals surface area contributed by atoms with Crippen molar-refractivity contribution in [2.75, 3.05) is 18.9 Å². The van der Waals surface area contributed by atoms with Crippen LogP contribution in [0.15, 0.2) is 53.9 Å². The van der Waals surface area contributed by atoms with Crippen molar-refractivity contribution in [1.29, 1.82) is 0 Å². The number of fused-ring (bicyclic) bond motifs is 2. The summed E-state index contributed by atoms with van der Waals surface area (Å²) in [6, 6.07) is 13.0. The monoisotopic (exact) mass is 474 g/mol. The smallest absolute Gasteiger partial charge is 0.249 e. The number of rotatable bonds is 5. The zero-order valence-electron chi connectivity index (χ0n) is 18.0. The summed E-state index contributed by atoms with van der Waals surface area (Å²) in [6.45, 7) is 2.29. The highest BCUT2D eigenvalue weighted by molar-refractivity contribution is 7.12. The maximum Gasteiger partial charge on any atom is 0.249 e. The number of carbonyl (C=O) groups is 1. The van der Waals surface area contributed by atoms with Gasteiger partial charge in [0, 0.05) is 23.1 Å². The lowest BCUT2D eigenvalue weighted by atomic mass is 10.1. The Kier molecular flexibility index (Phi) is 4.92. The third-order valence-corrected chi connectivity index (χ3v) is 6.06. The number of thiazole rings is 1. The number of nitrogens with one attached hydrogen (secondary N) is 1. The lowest BCUT2D eigenvalue weighted by Crippen LogP contribution is -2.12. The van der Waals surface area contributed by atoms with E-state index in [1.807, 2.05) is 48.7 Å². The van der Waals surface area contributed by atoms with Gasteiger partial charge in [0.2, 0.25) is 24.6 Å². The molecule has 2 aromatic carbocycles. The largest absolute Gasteiger partial charge is 0.454 e. The van der Waals surface area contributed by atoms with Crippen molar-refractivity contribution in [2.24, 2.45) is 0 Å². The van der Waals surface area contributed by atoms with E-state index in [1.54, 1.807) is 16.8 Å². The maximum atomic E-state index is 12.6. The second-order valence-corrected chi connectivity index (χ2v) is 8.44. The van der Waals surface area contributed by atoms with Crippen LogP contribution in [0.4, 0.5) is 5.82 Å². The van der Waals surface area contributed by atoms with E-state index in [1.165, 1.54) is 17.4 Å². The van der Waals surface area contributed by atoms with Gasteiger partial charge in [-0.25, -0.2) is 4.98 Å². The molecule has 0 fully saturated rings. The summed E-state index contributed by atoms with van der Waals surface area (Å²) < 4.78 is 23.2. The van der Waals surface area contributed by atoms with E-state index in [4.69, 9.17) is 23.9 Å². The number of hydrogen-bond donors (Lipinski definition) is 1. The average molecular weight is 474 g/mol. The molecule has 2 aliphatic heterocycles. The summed E-state index contributed by atoms with van der Waals surface area (Å²) in [7, 11) is 0. The van der Waals surface area contributed by atoms with Gasteiger partial charge in [-0.3, -0.25) is 4.79 Å². The predicted octanol–water partition coefficient (Wildman–Crippen LogP) is 4.41. The van der Waals surface area contributed by atoms with Crippen molar-refractivity contribution in [3.63, 3.8) is 0 Å². The van der Waals surface area contributed by atoms with E-state index in [9.17, 15) is 4.79 Å². The van der Waals surface area contributed by atoms with Crippen LogP contribution in [0.2, 0.25) is 0 Å². The second-order valence-electron chi connectivity index (χ2n) is 7.60. The molecule has 0 spiro atoms. The van der Waals surface area contributed by atoms with Crippen LogP contribution in [0.3, 0.4) is 0 Å². The van der Waals surface area contributed by atoms with Gasteiger partial charge < -0.3 is 24.3 Å². The van der Waals surface area contributed by atoms with Crippen molar-refractivity contribution in [3.8, 4) is 39.4 Å². The van der Waals surface area contributed by atoms with Crippen molar-refractivity contribution < 1.29 is 23.7 Å². The Labute approximate surface area is 198 Å². The number of nitrogens with zero attached hydrogens (tertiary/aromatic N) is 3. The Morgan fingerprint density at radius 3 is 2.56 bits per heavy atom. The molecule has 0 bridgehead atoms. The van der Waals surface area contributed by atoms with Crippen molar-refractivity contribution in [3.05, 3.63) is 65.2 Å². The molecule has 2 aliphatic rings. The number of ether oxygens (including phenoxy) is 4. The predicted molar refractivity (Wildman–Crippen MR) is 126 cm³/mol. The average Bonchev–Trinajstić information content (AvgIpc) is 3.63. The highest BCUT2D eigenvalue weighted by atomic mass is 32.1. The molecule has 10 heteroatoms. The summed E-state index contributed by atoms with van der Waals surface area (Å²) in [5, 5.41) is 9.97. The zero-order valence-corrected chi connectivity index (χ0v) is 18.8. The van der Waals surface area contributed by atoms with Crippen LogP contribution in [0.5, 0.6) is 23.0 Å². The van der Waals surface area contributed by atoms with Gasteiger partial charge >= 0.3 is 0 Å². The molecule has 0 saturated carbocycles. The summed E-state index contributed by atoms with van der Waals surface area (Å²) in [6.07, 6.45) is 3.18. The van der Waals surface area contributed by atoms with Crippen LogP contribution >= 0.6 is 11.3 Å². The van der Waals surface area contributed by atoms with Gasteiger partial charge in [-0.2, -0.15) is 9.78 Å². The van der Waals surface area contributed by atoms with Crippen LogP contribution in [-0.4, -0.2) is 34.3 Å². The van der Waals surface area contributed by atoms with Crippen LogP contribution < -0.4 is 24.3 Å². The quantitative estimate of drug-likeness (QED) is 0.428. The van der Waals surface area contributed by atoms with E-state index in [-0.39, 0.29) is 19.5 Å². The van der Waals surface area contributed by atoms with Crippen LogP contribution in [0.25, 0.3) is 22.5 Å². The number of carbonyl (C=O) groups excluding carboxylic acids is 1. The normalized spacial score (nSPS) is 13.6. The first-order valence-corrected chi connectivity index (χ1v) is 11.3. The first-order chi connectivity index (χ1) is 16.6. The molecule has 0 radical (unpaired) electrons. The Balaban J connectivity index is 1.20. The molecule has 34 heavy (non-hydrogen) atoms. The highest BCUT2D eigenvalue weighted by Crippen LogP contribution is 2.37. The van der Waals surface area contributed by atoms with Gasteiger partial charge in [0.25, 0.3) is 0 Å². The summed E-state index contributed by atoms with van der Waals surface area (Å²) in [5.41, 5.74) is 3.28. The van der Waals surface area contributed by atoms with Crippen molar-refractivity contribution >= 4 is 29.1 Å². The molecule has 0 saturated heterocycles. The standard InChI is InChI=1S/C24H18N4O5S/c1-14-8-22(26-23(29)7-3-15-2-5-18-20(9-15)32-12-30-18)28(27-14)24-25-17(11-34-24)16-4-6-19-21(10-16)33-13-31-19/h2-11H,12-13H2,1H3,(H,26,29)/b7-3+. The fraction of sp³-hybridized carbons (Fsp3) is 0.125. The van der Waals surface area contributed by atoms with Gasteiger partial charge in [0.15, 0.2) is 23.0 Å². The summed E-state index contributed by atoms with van der Waals surface area (Å²) in [5.74, 6) is 3.03. The number of hydrogen-bond acceptors (Lipinski definition) is 8. The topological polar surface area (TPSA) is 96.7 Å². The molecule has 0 atom stereocenters. The molecule has 0 unspecified atom stereocenters. The van der Waals surface area contributed by atoms with Crippen LogP contribution in [0, 0.1) is 6.92 Å². The van der Waals surface area contributed by atoms with Gasteiger partial charge in [-0.15, -0.1) is 11.3 Å². The molecule has 170 valence electrons. The van der Waals surface area contributed by atoms with Gasteiger partial charge in [-0.05, 0) is 48.9 Å². The molecule has 4 aromatic rings. The Morgan fingerprint density at radius 2 is 1.74 bits per heavy atom. The van der Waals surface area contributed by atoms with Crippen molar-refractivity contribution in [2.45, 2.75) is 6.92 Å². The molecule has 4 heterocycles. The van der Waals surface area contributed by atoms with Gasteiger partial charge in [0.1, 0.15) is 5.82 Å². The molecule has 6 rings (SSSR count). The minimum atomic E-state index is -0.286. The van der Waals surface area contributed by atoms with E-state index in [0.717, 1.165) is 28.3 Å². The zero-order chi connectivity index (χ0) is 23.1. The van der Waals surface area contributed by atoms with Gasteiger partial charge in [0.05, 0.1) is 11.4 Å². The molecule has 1 N–H and O–H groups in total. The van der Waals surface area contributed by atoms with E-state index < -0.39 is 0 Å². The summed E-state index contributed by atoms with van der Waals surface area (Å²) in [4.78, 5) is 17.3. The third-order valence-electron chi connectivity index (χ3n) is 5.25. The fourth-order valence-corrected chi connectivity index (χ4v) is 4.44. The maximum absolute atomic E-state index is 12.6. The second kappa shape index (κ2) is 8.23. The molecular weight excluding hydrogens is 456 g/mol. The van der Waals surface area contributed by atoms with E-state index in [0.29, 0.717) is 28.2 Å². The lowest BCUT2D eigenvalue weighted by Gasteiger charge is -2.04. The molecule has 2 aromatic heterocycles. The summed E-state index contributed by atoms with van der Waals surface area (Å²) >= 11 is 1.43. The fourth-order valence-electron chi connectivity index (χ4n) is 3.64. The van der Waals surface area contributed by atoms with E-state index >= 15 is 0 Å². The molecule has 0 aliphatic carbocycles. The van der Waals surface area contributed by atoms with Crippen LogP contribution in [0.1, 0.15) is 11.3 Å². The first-order valence-electron chi connectivity index (χ1n) is 10.4. The Hall–Kier alpha value is -4.31. The number of amides is 1. The highest BCUT2D eigenvalue weighted by Gasteiger charge is 2.17. The van der Waals surface area contributed by atoms with E-state index in [2.05, 4.69) is 10.4 Å². The third kappa shape index (κ3) is 3.84. The van der Waals surface area contributed by atoms with Gasteiger partial charge in [-0.1, -0.05) is 6.07 Å². The van der Waals surface area contributed by atoms with Crippen LogP contribution in [-0.2, 0) is 4.79 Å². The molecule has 9 nitrogen and oxygen atoms in total. The minimum absolute atomic E-state index is 0.208.